The minimum absolute atomic E-state index is 0.183. The van der Waals surface area contributed by atoms with Crippen molar-refractivity contribution in [1.82, 2.24) is 5.32 Å². The number of anilines is 2. The van der Waals surface area contributed by atoms with E-state index in [9.17, 15) is 4.79 Å². The fourth-order valence-corrected chi connectivity index (χ4v) is 3.88. The van der Waals surface area contributed by atoms with Gasteiger partial charge in [-0.25, -0.2) is 4.79 Å². The first-order chi connectivity index (χ1) is 13.1. The summed E-state index contributed by atoms with van der Waals surface area (Å²) in [5.74, 6) is 0.625. The second-order valence-corrected chi connectivity index (χ2v) is 7.65. The first-order valence-electron chi connectivity index (χ1n) is 10.2. The lowest BCUT2D eigenvalue weighted by Gasteiger charge is -2.29. The molecule has 150 valence electrons. The smallest absolute Gasteiger partial charge is 0.319 e. The third-order valence-electron chi connectivity index (χ3n) is 5.59. The molecule has 1 saturated carbocycles. The SMILES string of the molecule is Cc1cc(N2CCOCC2)ccc1NC(=O)NCCO[C@H]1CCCC[C@@H]1C. The summed E-state index contributed by atoms with van der Waals surface area (Å²) in [5, 5.41) is 5.83. The highest BCUT2D eigenvalue weighted by atomic mass is 16.5. The third-order valence-corrected chi connectivity index (χ3v) is 5.59. The van der Waals surface area contributed by atoms with Gasteiger partial charge >= 0.3 is 6.03 Å². The van der Waals surface area contributed by atoms with Crippen LogP contribution in [0.25, 0.3) is 0 Å². The Morgan fingerprint density at radius 3 is 2.78 bits per heavy atom. The Morgan fingerprint density at radius 2 is 2.04 bits per heavy atom. The second kappa shape index (κ2) is 9.95. The van der Waals surface area contributed by atoms with E-state index in [1.165, 1.54) is 24.9 Å². The summed E-state index contributed by atoms with van der Waals surface area (Å²) in [4.78, 5) is 14.5. The Balaban J connectivity index is 1.40. The highest BCUT2D eigenvalue weighted by Gasteiger charge is 2.21. The molecule has 6 heteroatoms. The van der Waals surface area contributed by atoms with Crippen LogP contribution in [0.15, 0.2) is 18.2 Å². The van der Waals surface area contributed by atoms with Gasteiger partial charge in [0.15, 0.2) is 0 Å². The van der Waals surface area contributed by atoms with Gasteiger partial charge in [0, 0.05) is 31.0 Å². The average molecular weight is 376 g/mol. The molecule has 1 heterocycles. The van der Waals surface area contributed by atoms with E-state index in [1.807, 2.05) is 13.0 Å². The predicted octanol–water partition coefficient (Wildman–Crippen LogP) is 3.55. The molecule has 0 unspecified atom stereocenters. The minimum Gasteiger partial charge on any atom is -0.378 e. The number of urea groups is 1. The van der Waals surface area contributed by atoms with Gasteiger partial charge in [0.1, 0.15) is 0 Å². The summed E-state index contributed by atoms with van der Waals surface area (Å²) in [6, 6.07) is 5.97. The van der Waals surface area contributed by atoms with Gasteiger partial charge < -0.3 is 25.0 Å². The van der Waals surface area contributed by atoms with Crippen LogP contribution < -0.4 is 15.5 Å². The molecule has 2 amide bonds. The van der Waals surface area contributed by atoms with Gasteiger partial charge in [-0.3, -0.25) is 0 Å². The number of hydrogen-bond donors (Lipinski definition) is 2. The van der Waals surface area contributed by atoms with Crippen LogP contribution in [0.1, 0.15) is 38.2 Å². The third kappa shape index (κ3) is 5.84. The molecule has 1 aliphatic carbocycles. The average Bonchev–Trinajstić information content (AvgIpc) is 2.69. The Kier molecular flexibility index (Phi) is 7.35. The van der Waals surface area contributed by atoms with Crippen molar-refractivity contribution < 1.29 is 14.3 Å². The summed E-state index contributed by atoms with van der Waals surface area (Å²) in [6.07, 6.45) is 5.30. The fraction of sp³-hybridized carbons (Fsp3) is 0.667. The van der Waals surface area contributed by atoms with Gasteiger partial charge in [0.05, 0.1) is 25.9 Å². The van der Waals surface area contributed by atoms with E-state index in [0.717, 1.165) is 44.0 Å². The molecule has 1 aromatic rings. The van der Waals surface area contributed by atoms with Gasteiger partial charge in [0.25, 0.3) is 0 Å². The van der Waals surface area contributed by atoms with Crippen LogP contribution >= 0.6 is 0 Å². The first kappa shape index (κ1) is 20.0. The molecule has 1 aromatic carbocycles. The number of rotatable bonds is 6. The summed E-state index contributed by atoms with van der Waals surface area (Å²) in [7, 11) is 0. The van der Waals surface area contributed by atoms with Gasteiger partial charge in [-0.2, -0.15) is 0 Å². The van der Waals surface area contributed by atoms with E-state index >= 15 is 0 Å². The largest absolute Gasteiger partial charge is 0.378 e. The van der Waals surface area contributed by atoms with Gasteiger partial charge in [-0.15, -0.1) is 0 Å². The maximum absolute atomic E-state index is 12.2. The van der Waals surface area contributed by atoms with Crippen molar-refractivity contribution in [2.24, 2.45) is 5.92 Å². The van der Waals surface area contributed by atoms with Crippen molar-refractivity contribution in [3.8, 4) is 0 Å². The van der Waals surface area contributed by atoms with Gasteiger partial charge in [0.2, 0.25) is 0 Å². The number of morpholine rings is 1. The number of carbonyl (C=O) groups is 1. The standard InChI is InChI=1S/C21H33N3O3/c1-16-5-3-4-6-20(16)27-12-9-22-21(25)23-19-8-7-18(15-17(19)2)24-10-13-26-14-11-24/h7-8,15-16,20H,3-6,9-14H2,1-2H3,(H2,22,23,25)/t16-,20-/m0/s1. The quantitative estimate of drug-likeness (QED) is 0.747. The van der Waals surface area contributed by atoms with Crippen molar-refractivity contribution in [2.75, 3.05) is 49.7 Å². The molecule has 0 bridgehead atoms. The van der Waals surface area contributed by atoms with Crippen LogP contribution in [0.4, 0.5) is 16.2 Å². The van der Waals surface area contributed by atoms with E-state index in [4.69, 9.17) is 9.47 Å². The number of nitrogens with zero attached hydrogens (tertiary/aromatic N) is 1. The van der Waals surface area contributed by atoms with Crippen LogP contribution in [0.3, 0.4) is 0 Å². The first-order valence-corrected chi connectivity index (χ1v) is 10.2. The second-order valence-electron chi connectivity index (χ2n) is 7.65. The summed E-state index contributed by atoms with van der Waals surface area (Å²) >= 11 is 0. The molecule has 6 nitrogen and oxygen atoms in total. The molecule has 0 spiro atoms. The lowest BCUT2D eigenvalue weighted by molar-refractivity contribution is -0.00232. The molecule has 1 aliphatic heterocycles. The fourth-order valence-electron chi connectivity index (χ4n) is 3.88. The molecule has 0 aromatic heterocycles. The summed E-state index contributed by atoms with van der Waals surface area (Å²) < 4.78 is 11.3. The number of hydrogen-bond acceptors (Lipinski definition) is 4. The number of carbonyl (C=O) groups excluding carboxylic acids is 1. The zero-order valence-electron chi connectivity index (χ0n) is 16.6. The van der Waals surface area contributed by atoms with Crippen LogP contribution in [0.2, 0.25) is 0 Å². The number of benzene rings is 1. The zero-order chi connectivity index (χ0) is 19.1. The Hall–Kier alpha value is -1.79. The van der Waals surface area contributed by atoms with Crippen LogP contribution in [-0.2, 0) is 9.47 Å². The monoisotopic (exact) mass is 375 g/mol. The Morgan fingerprint density at radius 1 is 1.26 bits per heavy atom. The molecule has 1 saturated heterocycles. The van der Waals surface area contributed by atoms with Crippen LogP contribution in [0.5, 0.6) is 0 Å². The number of ether oxygens (including phenoxy) is 2. The van der Waals surface area contributed by atoms with E-state index in [0.29, 0.717) is 25.2 Å². The van der Waals surface area contributed by atoms with E-state index in [-0.39, 0.29) is 6.03 Å². The molecule has 2 aliphatic rings. The van der Waals surface area contributed by atoms with Crippen molar-refractivity contribution in [3.05, 3.63) is 23.8 Å². The van der Waals surface area contributed by atoms with Gasteiger partial charge in [-0.1, -0.05) is 19.8 Å². The maximum Gasteiger partial charge on any atom is 0.319 e. The van der Waals surface area contributed by atoms with Crippen LogP contribution in [0, 0.1) is 12.8 Å². The zero-order valence-corrected chi connectivity index (χ0v) is 16.6. The highest BCUT2D eigenvalue weighted by Crippen LogP contribution is 2.26. The Labute approximate surface area is 162 Å². The minimum atomic E-state index is -0.183. The lowest BCUT2D eigenvalue weighted by Crippen LogP contribution is -2.36. The molecular formula is C21H33N3O3. The van der Waals surface area contributed by atoms with Gasteiger partial charge in [-0.05, 0) is 49.4 Å². The maximum atomic E-state index is 12.2. The Bertz CT molecular complexity index is 617. The van der Waals surface area contributed by atoms with Crippen LogP contribution in [-0.4, -0.2) is 51.6 Å². The predicted molar refractivity (Wildman–Crippen MR) is 109 cm³/mol. The normalized spacial score (nSPS) is 23.1. The van der Waals surface area contributed by atoms with E-state index in [1.54, 1.807) is 0 Å². The molecule has 27 heavy (non-hydrogen) atoms. The van der Waals surface area contributed by atoms with E-state index < -0.39 is 0 Å². The molecule has 0 radical (unpaired) electrons. The number of aryl methyl sites for hydroxylation is 1. The number of nitrogens with one attached hydrogen (secondary N) is 2. The summed E-state index contributed by atoms with van der Waals surface area (Å²) in [6.45, 7) is 8.72. The van der Waals surface area contributed by atoms with Crippen molar-refractivity contribution in [3.63, 3.8) is 0 Å². The highest BCUT2D eigenvalue weighted by molar-refractivity contribution is 5.90. The van der Waals surface area contributed by atoms with E-state index in [2.05, 4.69) is 34.6 Å². The molecule has 3 rings (SSSR count). The topological polar surface area (TPSA) is 62.8 Å². The lowest BCUT2D eigenvalue weighted by atomic mass is 9.88. The molecule has 2 fully saturated rings. The van der Waals surface area contributed by atoms with Crippen molar-refractivity contribution in [1.29, 1.82) is 0 Å². The molecule has 2 N–H and O–H groups in total. The number of amides is 2. The van der Waals surface area contributed by atoms with Crippen molar-refractivity contribution in [2.45, 2.75) is 45.6 Å². The molecular weight excluding hydrogens is 342 g/mol. The summed E-state index contributed by atoms with van der Waals surface area (Å²) in [5.41, 5.74) is 3.07. The molecule has 2 atom stereocenters. The van der Waals surface area contributed by atoms with Crippen molar-refractivity contribution >= 4 is 17.4 Å².